The molecule has 0 amide bonds. The van der Waals surface area contributed by atoms with Crippen molar-refractivity contribution in [1.29, 1.82) is 0 Å². The Hall–Kier alpha value is -2.99. The third-order valence-electron chi connectivity index (χ3n) is 4.04. The lowest BCUT2D eigenvalue weighted by atomic mass is 9.94. The van der Waals surface area contributed by atoms with Crippen LogP contribution in [0.5, 0.6) is 5.75 Å². The Morgan fingerprint density at radius 3 is 2.52 bits per heavy atom. The fourth-order valence-corrected chi connectivity index (χ4v) is 2.73. The fourth-order valence-electron chi connectivity index (χ4n) is 2.73. The summed E-state index contributed by atoms with van der Waals surface area (Å²) in [6.07, 6.45) is 3.25. The lowest BCUT2D eigenvalue weighted by Gasteiger charge is -2.14. The lowest BCUT2D eigenvalue weighted by molar-refractivity contribution is -0.141. The molecule has 0 radical (unpaired) electrons. The van der Waals surface area contributed by atoms with Crippen LogP contribution < -0.4 is 0 Å². The first-order valence-electron chi connectivity index (χ1n) is 7.60. The molecule has 0 aromatic heterocycles. The number of carbonyl (C=O) groups is 3. The maximum atomic E-state index is 12.0. The maximum absolute atomic E-state index is 12.0. The molecule has 1 aromatic rings. The van der Waals surface area contributed by atoms with Gasteiger partial charge in [0, 0.05) is 23.1 Å². The molecular weight excluding hydrogens is 324 g/mol. The standard InChI is InChI=1S/C19H18O6/c1-12(9-20)15-8-18(17(11-22)16(15)10-21)25-19(24)7-4-13-2-5-14(23)6-3-13/h2-7,9-10,15,18,22-23H,1,8,11H2/t15-,18-/m0/s1. The summed E-state index contributed by atoms with van der Waals surface area (Å²) in [4.78, 5) is 34.2. The largest absolute Gasteiger partial charge is 0.508 e. The molecule has 2 N–H and O–H groups in total. The van der Waals surface area contributed by atoms with Gasteiger partial charge in [0.15, 0.2) is 0 Å². The molecule has 0 aliphatic heterocycles. The zero-order valence-electron chi connectivity index (χ0n) is 13.4. The molecule has 0 unspecified atom stereocenters. The Bertz CT molecular complexity index is 742. The molecule has 1 aliphatic rings. The first-order valence-corrected chi connectivity index (χ1v) is 7.60. The number of esters is 1. The highest BCUT2D eigenvalue weighted by Gasteiger charge is 2.36. The number of benzene rings is 1. The Kier molecular flexibility index (Phi) is 6.03. The van der Waals surface area contributed by atoms with Gasteiger partial charge in [0.1, 0.15) is 24.4 Å². The van der Waals surface area contributed by atoms with Crippen molar-refractivity contribution >= 4 is 24.6 Å². The molecule has 0 saturated heterocycles. The average Bonchev–Trinajstić information content (AvgIpc) is 2.97. The number of allylic oxidation sites excluding steroid dienone is 2. The van der Waals surface area contributed by atoms with Crippen LogP contribution >= 0.6 is 0 Å². The number of ether oxygens (including phenoxy) is 1. The second kappa shape index (κ2) is 8.21. The van der Waals surface area contributed by atoms with Crippen molar-refractivity contribution in [3.8, 4) is 5.75 Å². The summed E-state index contributed by atoms with van der Waals surface area (Å²) in [5.41, 5.74) is 1.42. The summed E-state index contributed by atoms with van der Waals surface area (Å²) in [5, 5.41) is 18.7. The van der Waals surface area contributed by atoms with Crippen molar-refractivity contribution in [3.05, 3.63) is 59.2 Å². The highest BCUT2D eigenvalue weighted by Crippen LogP contribution is 2.36. The maximum Gasteiger partial charge on any atom is 0.331 e. The molecule has 0 heterocycles. The molecule has 6 heteroatoms. The van der Waals surface area contributed by atoms with Crippen LogP contribution in [-0.4, -0.2) is 41.5 Å². The first-order chi connectivity index (χ1) is 12.0. The van der Waals surface area contributed by atoms with Gasteiger partial charge in [0.05, 0.1) is 6.61 Å². The van der Waals surface area contributed by atoms with Crippen LogP contribution in [0.3, 0.4) is 0 Å². The van der Waals surface area contributed by atoms with Gasteiger partial charge in [-0.05, 0) is 35.8 Å². The molecule has 25 heavy (non-hydrogen) atoms. The third kappa shape index (κ3) is 4.30. The summed E-state index contributed by atoms with van der Waals surface area (Å²) < 4.78 is 5.31. The van der Waals surface area contributed by atoms with Crippen molar-refractivity contribution in [2.24, 2.45) is 5.92 Å². The second-order valence-electron chi connectivity index (χ2n) is 5.59. The topological polar surface area (TPSA) is 101 Å². The van der Waals surface area contributed by atoms with Gasteiger partial charge in [-0.2, -0.15) is 0 Å². The minimum Gasteiger partial charge on any atom is -0.508 e. The van der Waals surface area contributed by atoms with E-state index in [1.807, 2.05) is 0 Å². The normalized spacial score (nSPS) is 19.9. The van der Waals surface area contributed by atoms with Crippen LogP contribution in [0.25, 0.3) is 6.08 Å². The zero-order valence-corrected chi connectivity index (χ0v) is 13.4. The number of phenols is 1. The summed E-state index contributed by atoms with van der Waals surface area (Å²) in [6, 6.07) is 6.23. The van der Waals surface area contributed by atoms with Crippen molar-refractivity contribution in [2.45, 2.75) is 12.5 Å². The van der Waals surface area contributed by atoms with E-state index < -0.39 is 24.6 Å². The molecule has 130 valence electrons. The van der Waals surface area contributed by atoms with E-state index in [2.05, 4.69) is 6.58 Å². The van der Waals surface area contributed by atoms with Crippen LogP contribution in [0.15, 0.2) is 53.6 Å². The average molecular weight is 342 g/mol. The van der Waals surface area contributed by atoms with Crippen molar-refractivity contribution in [1.82, 2.24) is 0 Å². The van der Waals surface area contributed by atoms with Crippen LogP contribution in [0.1, 0.15) is 12.0 Å². The van der Waals surface area contributed by atoms with Gasteiger partial charge < -0.3 is 14.9 Å². The molecule has 0 saturated carbocycles. The summed E-state index contributed by atoms with van der Waals surface area (Å²) in [7, 11) is 0. The molecular formula is C19H18O6. The van der Waals surface area contributed by atoms with Crippen LogP contribution in [0, 0.1) is 5.92 Å². The minimum absolute atomic E-state index is 0.117. The van der Waals surface area contributed by atoms with Gasteiger partial charge in [0.25, 0.3) is 0 Å². The highest BCUT2D eigenvalue weighted by molar-refractivity contribution is 5.88. The van der Waals surface area contributed by atoms with E-state index in [1.54, 1.807) is 12.1 Å². The van der Waals surface area contributed by atoms with Gasteiger partial charge in [-0.1, -0.05) is 18.7 Å². The predicted molar refractivity (Wildman–Crippen MR) is 90.5 cm³/mol. The summed E-state index contributed by atoms with van der Waals surface area (Å²) in [6.45, 7) is 3.15. The predicted octanol–water partition coefficient (Wildman–Crippen LogP) is 1.58. The van der Waals surface area contributed by atoms with Gasteiger partial charge in [-0.25, -0.2) is 4.79 Å². The van der Waals surface area contributed by atoms with Crippen molar-refractivity contribution < 1.29 is 29.3 Å². The smallest absolute Gasteiger partial charge is 0.331 e. The van der Waals surface area contributed by atoms with E-state index in [1.165, 1.54) is 24.3 Å². The van der Waals surface area contributed by atoms with E-state index in [0.29, 0.717) is 18.1 Å². The number of hydrogen-bond acceptors (Lipinski definition) is 6. The number of aromatic hydroxyl groups is 1. The molecule has 1 aliphatic carbocycles. The molecule has 2 atom stereocenters. The zero-order chi connectivity index (χ0) is 18.4. The van der Waals surface area contributed by atoms with E-state index in [0.717, 1.165) is 0 Å². The molecule has 0 bridgehead atoms. The van der Waals surface area contributed by atoms with Gasteiger partial charge in [-0.15, -0.1) is 0 Å². The molecule has 2 rings (SSSR count). The number of aldehydes is 2. The van der Waals surface area contributed by atoms with Gasteiger partial charge in [-0.3, -0.25) is 9.59 Å². The quantitative estimate of drug-likeness (QED) is 0.443. The van der Waals surface area contributed by atoms with E-state index >= 15 is 0 Å². The number of hydrogen-bond donors (Lipinski definition) is 2. The van der Waals surface area contributed by atoms with E-state index in [4.69, 9.17) is 4.74 Å². The third-order valence-corrected chi connectivity index (χ3v) is 4.04. The van der Waals surface area contributed by atoms with Crippen molar-refractivity contribution in [2.75, 3.05) is 6.61 Å². The van der Waals surface area contributed by atoms with Crippen LogP contribution in [-0.2, 0) is 19.1 Å². The Labute approximate surface area is 144 Å². The summed E-state index contributed by atoms with van der Waals surface area (Å²) in [5.74, 6) is -1.09. The monoisotopic (exact) mass is 342 g/mol. The molecule has 0 spiro atoms. The van der Waals surface area contributed by atoms with Gasteiger partial charge in [0.2, 0.25) is 0 Å². The number of phenolic OH excluding ortho intramolecular Hbond substituents is 1. The second-order valence-corrected chi connectivity index (χ2v) is 5.59. The van der Waals surface area contributed by atoms with E-state index in [-0.39, 0.29) is 28.9 Å². The number of rotatable bonds is 7. The Morgan fingerprint density at radius 1 is 1.28 bits per heavy atom. The lowest BCUT2D eigenvalue weighted by Crippen LogP contribution is -2.19. The van der Waals surface area contributed by atoms with Gasteiger partial charge >= 0.3 is 5.97 Å². The summed E-state index contributed by atoms with van der Waals surface area (Å²) >= 11 is 0. The number of aliphatic hydroxyl groups is 1. The van der Waals surface area contributed by atoms with Crippen LogP contribution in [0.4, 0.5) is 0 Å². The Balaban J connectivity index is 2.10. The van der Waals surface area contributed by atoms with E-state index in [9.17, 15) is 24.6 Å². The number of aliphatic hydroxyl groups excluding tert-OH is 1. The SMILES string of the molecule is C=C(C=O)[C@@H]1C[C@H](OC(=O)C=Cc2ccc(O)cc2)C(CO)=C1C=O. The van der Waals surface area contributed by atoms with Crippen LogP contribution in [0.2, 0.25) is 0 Å². The highest BCUT2D eigenvalue weighted by atomic mass is 16.5. The number of carbonyl (C=O) groups excluding carboxylic acids is 3. The fraction of sp³-hybridized carbons (Fsp3) is 0.211. The Morgan fingerprint density at radius 2 is 1.96 bits per heavy atom. The first kappa shape index (κ1) is 18.4. The molecule has 6 nitrogen and oxygen atoms in total. The minimum atomic E-state index is -0.788. The molecule has 1 aromatic carbocycles. The van der Waals surface area contributed by atoms with Crippen molar-refractivity contribution in [3.63, 3.8) is 0 Å². The molecule has 0 fully saturated rings.